The van der Waals surface area contributed by atoms with Gasteiger partial charge in [-0.15, -0.1) is 0 Å². The van der Waals surface area contributed by atoms with Gasteiger partial charge in [-0.05, 0) is 6.08 Å². The van der Waals surface area contributed by atoms with Gasteiger partial charge in [0.15, 0.2) is 0 Å². The summed E-state index contributed by atoms with van der Waals surface area (Å²) in [6, 6.07) is 9.56. The normalized spacial score (nSPS) is 15.7. The molecule has 1 aliphatic rings. The quantitative estimate of drug-likeness (QED) is 0.706. The maximum Gasteiger partial charge on any atom is 0.412 e. The molecule has 0 saturated heterocycles. The fraction of sp³-hybridized carbons (Fsp3) is 0.100. The topological polar surface area (TPSA) is 38.3 Å². The number of hydrogen-bond donors (Lipinski definition) is 1. The number of amides is 1. The highest BCUT2D eigenvalue weighted by molar-refractivity contribution is 5.79. The molecule has 1 aromatic carbocycles. The van der Waals surface area contributed by atoms with Gasteiger partial charge in [-0.3, -0.25) is 0 Å². The van der Waals surface area contributed by atoms with E-state index in [1.165, 1.54) is 0 Å². The monoisotopic (exact) mass is 175 g/mol. The van der Waals surface area contributed by atoms with E-state index in [1.54, 1.807) is 0 Å². The molecule has 3 heteroatoms. The van der Waals surface area contributed by atoms with E-state index in [0.717, 1.165) is 5.56 Å². The van der Waals surface area contributed by atoms with E-state index in [1.807, 2.05) is 36.4 Å². The van der Waals surface area contributed by atoms with Crippen molar-refractivity contribution in [3.05, 3.63) is 42.0 Å². The van der Waals surface area contributed by atoms with Crippen LogP contribution in [0.5, 0.6) is 0 Å². The van der Waals surface area contributed by atoms with Gasteiger partial charge in [0.05, 0.1) is 0 Å². The Labute approximate surface area is 76.0 Å². The molecule has 0 aromatic heterocycles. The number of alkyl carbamates (subject to hydrolysis) is 1. The van der Waals surface area contributed by atoms with Crippen molar-refractivity contribution in [3.8, 4) is 0 Å². The molecule has 0 spiro atoms. The van der Waals surface area contributed by atoms with Crippen molar-refractivity contribution in [1.29, 1.82) is 0 Å². The van der Waals surface area contributed by atoms with Crippen molar-refractivity contribution >= 4 is 11.9 Å². The maximum absolute atomic E-state index is 10.9. The van der Waals surface area contributed by atoms with E-state index >= 15 is 0 Å². The third-order valence-corrected chi connectivity index (χ3v) is 1.79. The molecule has 1 aliphatic heterocycles. The van der Waals surface area contributed by atoms with Crippen LogP contribution in [0.4, 0.5) is 4.79 Å². The van der Waals surface area contributed by atoms with Crippen LogP contribution in [0.2, 0.25) is 0 Å². The zero-order valence-electron chi connectivity index (χ0n) is 6.99. The minimum absolute atomic E-state index is 0.388. The molecule has 0 unspecified atom stereocenters. The summed E-state index contributed by atoms with van der Waals surface area (Å²) in [6.07, 6.45) is 1.46. The fourth-order valence-corrected chi connectivity index (χ4v) is 1.18. The third-order valence-electron chi connectivity index (χ3n) is 1.79. The summed E-state index contributed by atoms with van der Waals surface area (Å²) in [5, 5.41) is 2.54. The van der Waals surface area contributed by atoms with Gasteiger partial charge in [0.1, 0.15) is 5.76 Å². The van der Waals surface area contributed by atoms with E-state index in [2.05, 4.69) is 5.32 Å². The molecule has 0 bridgehead atoms. The average molecular weight is 175 g/mol. The number of nitrogens with one attached hydrogen (secondary N) is 1. The largest absolute Gasteiger partial charge is 0.412 e. The van der Waals surface area contributed by atoms with Crippen LogP contribution in [0.3, 0.4) is 0 Å². The van der Waals surface area contributed by atoms with Crippen LogP contribution < -0.4 is 5.32 Å². The van der Waals surface area contributed by atoms with Gasteiger partial charge in [-0.1, -0.05) is 30.3 Å². The van der Waals surface area contributed by atoms with Gasteiger partial charge in [-0.2, -0.15) is 0 Å². The molecule has 0 aliphatic carbocycles. The predicted molar refractivity (Wildman–Crippen MR) is 48.9 cm³/mol. The Morgan fingerprint density at radius 3 is 2.69 bits per heavy atom. The molecule has 13 heavy (non-hydrogen) atoms. The number of cyclic esters (lactones) is 1. The standard InChI is InChI=1S/C10H9NO2/c12-10-11-7-6-9(13-10)8-4-2-1-3-5-8/h1-6H,7H2,(H,11,12). The highest BCUT2D eigenvalue weighted by atomic mass is 16.6. The second kappa shape index (κ2) is 3.31. The van der Waals surface area contributed by atoms with Crippen molar-refractivity contribution in [2.45, 2.75) is 0 Å². The van der Waals surface area contributed by atoms with E-state index in [-0.39, 0.29) is 6.09 Å². The first-order valence-corrected chi connectivity index (χ1v) is 4.07. The lowest BCUT2D eigenvalue weighted by Gasteiger charge is -2.13. The average Bonchev–Trinajstić information content (AvgIpc) is 2.19. The van der Waals surface area contributed by atoms with Crippen LogP contribution in [0.1, 0.15) is 5.56 Å². The van der Waals surface area contributed by atoms with E-state index in [9.17, 15) is 4.79 Å². The summed E-state index contributed by atoms with van der Waals surface area (Å²) in [5.74, 6) is 0.629. The summed E-state index contributed by atoms with van der Waals surface area (Å²) in [6.45, 7) is 0.531. The van der Waals surface area contributed by atoms with Crippen LogP contribution in [0.25, 0.3) is 5.76 Å². The molecule has 1 heterocycles. The number of benzene rings is 1. The van der Waals surface area contributed by atoms with Crippen molar-refractivity contribution < 1.29 is 9.53 Å². The molecule has 0 fully saturated rings. The minimum atomic E-state index is -0.388. The Kier molecular flexibility index (Phi) is 2.00. The van der Waals surface area contributed by atoms with Crippen molar-refractivity contribution in [1.82, 2.24) is 5.32 Å². The van der Waals surface area contributed by atoms with Gasteiger partial charge in [0.25, 0.3) is 0 Å². The fourth-order valence-electron chi connectivity index (χ4n) is 1.18. The number of carbonyl (C=O) groups excluding carboxylic acids is 1. The zero-order chi connectivity index (χ0) is 9.10. The summed E-state index contributed by atoms with van der Waals surface area (Å²) in [4.78, 5) is 10.9. The number of rotatable bonds is 1. The highest BCUT2D eigenvalue weighted by Crippen LogP contribution is 2.16. The first kappa shape index (κ1) is 7.86. The van der Waals surface area contributed by atoms with Gasteiger partial charge >= 0.3 is 6.09 Å². The molecule has 1 N–H and O–H groups in total. The molecule has 1 amide bonds. The number of ether oxygens (including phenoxy) is 1. The Morgan fingerprint density at radius 1 is 1.23 bits per heavy atom. The van der Waals surface area contributed by atoms with Crippen LogP contribution >= 0.6 is 0 Å². The molecule has 0 saturated carbocycles. The maximum atomic E-state index is 10.9. The van der Waals surface area contributed by atoms with Gasteiger partial charge < -0.3 is 10.1 Å². The SMILES string of the molecule is O=C1NCC=C(c2ccccc2)O1. The summed E-state index contributed by atoms with van der Waals surface area (Å²) >= 11 is 0. The van der Waals surface area contributed by atoms with E-state index in [0.29, 0.717) is 12.3 Å². The smallest absolute Gasteiger partial charge is 0.410 e. The summed E-state index contributed by atoms with van der Waals surface area (Å²) in [5.41, 5.74) is 0.928. The second-order valence-corrected chi connectivity index (χ2v) is 2.70. The van der Waals surface area contributed by atoms with Gasteiger partial charge in [-0.25, -0.2) is 4.79 Å². The molecular weight excluding hydrogens is 166 g/mol. The first-order chi connectivity index (χ1) is 6.36. The van der Waals surface area contributed by atoms with Gasteiger partial charge in [0.2, 0.25) is 0 Å². The Morgan fingerprint density at radius 2 is 2.00 bits per heavy atom. The van der Waals surface area contributed by atoms with Crippen LogP contribution in [0.15, 0.2) is 36.4 Å². The van der Waals surface area contributed by atoms with Crippen LogP contribution in [-0.2, 0) is 4.74 Å². The lowest BCUT2D eigenvalue weighted by atomic mass is 10.2. The summed E-state index contributed by atoms with van der Waals surface area (Å²) in [7, 11) is 0. The molecule has 2 rings (SSSR count). The summed E-state index contributed by atoms with van der Waals surface area (Å²) < 4.78 is 4.98. The Hall–Kier alpha value is -1.77. The van der Waals surface area contributed by atoms with E-state index < -0.39 is 0 Å². The van der Waals surface area contributed by atoms with E-state index in [4.69, 9.17) is 4.74 Å². The Bertz CT molecular complexity index is 343. The highest BCUT2D eigenvalue weighted by Gasteiger charge is 2.12. The first-order valence-electron chi connectivity index (χ1n) is 4.07. The second-order valence-electron chi connectivity index (χ2n) is 2.70. The number of hydrogen-bond acceptors (Lipinski definition) is 2. The molecule has 0 atom stereocenters. The van der Waals surface area contributed by atoms with Crippen molar-refractivity contribution in [2.24, 2.45) is 0 Å². The Balaban J connectivity index is 2.27. The van der Waals surface area contributed by atoms with Gasteiger partial charge in [0, 0.05) is 12.1 Å². The molecular formula is C10H9NO2. The van der Waals surface area contributed by atoms with Crippen molar-refractivity contribution in [3.63, 3.8) is 0 Å². The third kappa shape index (κ3) is 1.69. The molecule has 1 aromatic rings. The minimum Gasteiger partial charge on any atom is -0.410 e. The van der Waals surface area contributed by atoms with Crippen LogP contribution in [0, 0.1) is 0 Å². The molecule has 66 valence electrons. The predicted octanol–water partition coefficient (Wildman–Crippen LogP) is 1.77. The lowest BCUT2D eigenvalue weighted by molar-refractivity contribution is 0.190. The number of carbonyl (C=O) groups is 1. The molecule has 0 radical (unpaired) electrons. The lowest BCUT2D eigenvalue weighted by Crippen LogP contribution is -2.27. The molecule has 3 nitrogen and oxygen atoms in total. The van der Waals surface area contributed by atoms with Crippen LogP contribution in [-0.4, -0.2) is 12.6 Å². The van der Waals surface area contributed by atoms with Crippen molar-refractivity contribution in [2.75, 3.05) is 6.54 Å². The zero-order valence-corrected chi connectivity index (χ0v) is 6.99.